The summed E-state index contributed by atoms with van der Waals surface area (Å²) < 4.78 is 4.87. The van der Waals surface area contributed by atoms with Crippen LogP contribution in [0, 0.1) is 0 Å². The summed E-state index contributed by atoms with van der Waals surface area (Å²) >= 11 is 1.31. The number of thiophene rings is 1. The Bertz CT molecular complexity index is 846. The molecule has 1 aromatic heterocycles. The van der Waals surface area contributed by atoms with Gasteiger partial charge in [0.2, 0.25) is 5.91 Å². The van der Waals surface area contributed by atoms with Crippen molar-refractivity contribution in [3.05, 3.63) is 16.0 Å². The van der Waals surface area contributed by atoms with Gasteiger partial charge in [0.15, 0.2) is 0 Å². The summed E-state index contributed by atoms with van der Waals surface area (Å²) in [6.07, 6.45) is 4.58. The lowest BCUT2D eigenvalue weighted by molar-refractivity contribution is -0.143. The van der Waals surface area contributed by atoms with E-state index in [0.717, 1.165) is 42.5 Å². The van der Waals surface area contributed by atoms with Gasteiger partial charge in [0.25, 0.3) is 0 Å². The fraction of sp³-hybridized carbons (Fsp3) is 0.471. The molecular weight excluding hydrogens is 374 g/mol. The molecule has 2 aliphatic rings. The molecule has 0 aromatic carbocycles. The normalized spacial score (nSPS) is 17.0. The number of urea groups is 1. The zero-order valence-electron chi connectivity index (χ0n) is 15.0. The predicted octanol–water partition coefficient (Wildman–Crippen LogP) is 1.16. The van der Waals surface area contributed by atoms with Crippen molar-refractivity contribution in [3.63, 3.8) is 0 Å². The van der Waals surface area contributed by atoms with Crippen LogP contribution in [0.5, 0.6) is 0 Å². The van der Waals surface area contributed by atoms with E-state index >= 15 is 0 Å². The molecule has 0 unspecified atom stereocenters. The van der Waals surface area contributed by atoms with Crippen molar-refractivity contribution in [2.75, 3.05) is 26.0 Å². The third-order valence-corrected chi connectivity index (χ3v) is 5.82. The van der Waals surface area contributed by atoms with Crippen molar-refractivity contribution < 1.29 is 28.7 Å². The van der Waals surface area contributed by atoms with E-state index in [1.165, 1.54) is 25.5 Å². The number of carbonyl (C=O) groups is 5. The second kappa shape index (κ2) is 7.47. The van der Waals surface area contributed by atoms with Crippen LogP contribution in [-0.2, 0) is 32.0 Å². The zero-order chi connectivity index (χ0) is 19.7. The quantitative estimate of drug-likeness (QED) is 0.355. The van der Waals surface area contributed by atoms with Crippen LogP contribution in [0.2, 0.25) is 0 Å². The largest absolute Gasteiger partial charge is 0.465 e. The third-order valence-electron chi connectivity index (χ3n) is 4.62. The molecule has 1 aliphatic carbocycles. The lowest BCUT2D eigenvalue weighted by atomic mass is 10.1. The van der Waals surface area contributed by atoms with Gasteiger partial charge in [0.05, 0.1) is 12.7 Å². The summed E-state index contributed by atoms with van der Waals surface area (Å²) in [5.74, 6) is -3.23. The Labute approximate surface area is 159 Å². The Morgan fingerprint density at radius 2 is 1.81 bits per heavy atom. The fourth-order valence-corrected chi connectivity index (χ4v) is 4.51. The number of rotatable bonds is 4. The molecular formula is C17H19N3O6S. The van der Waals surface area contributed by atoms with E-state index in [1.54, 1.807) is 0 Å². The zero-order valence-corrected chi connectivity index (χ0v) is 15.8. The number of imide groups is 2. The highest BCUT2D eigenvalue weighted by molar-refractivity contribution is 7.17. The van der Waals surface area contributed by atoms with E-state index in [-0.39, 0.29) is 0 Å². The van der Waals surface area contributed by atoms with Crippen molar-refractivity contribution in [1.82, 2.24) is 9.80 Å². The van der Waals surface area contributed by atoms with Crippen LogP contribution < -0.4 is 5.32 Å². The first-order chi connectivity index (χ1) is 12.8. The number of nitrogens with one attached hydrogen (secondary N) is 1. The van der Waals surface area contributed by atoms with Crippen LogP contribution >= 0.6 is 11.3 Å². The first-order valence-electron chi connectivity index (χ1n) is 8.51. The Morgan fingerprint density at radius 3 is 2.44 bits per heavy atom. The highest BCUT2D eigenvalue weighted by Gasteiger charge is 2.43. The maximum Gasteiger partial charge on any atom is 0.341 e. The summed E-state index contributed by atoms with van der Waals surface area (Å²) in [4.78, 5) is 62.1. The van der Waals surface area contributed by atoms with Gasteiger partial charge < -0.3 is 10.1 Å². The molecule has 27 heavy (non-hydrogen) atoms. The van der Waals surface area contributed by atoms with Gasteiger partial charge in [-0.3, -0.25) is 19.3 Å². The van der Waals surface area contributed by atoms with Gasteiger partial charge in [0, 0.05) is 11.9 Å². The lowest BCUT2D eigenvalue weighted by Gasteiger charge is -2.13. The number of ether oxygens (including phenoxy) is 1. The molecule has 2 heterocycles. The minimum absolute atomic E-state index is 0.333. The highest BCUT2D eigenvalue weighted by Crippen LogP contribution is 2.38. The number of amides is 5. The predicted molar refractivity (Wildman–Crippen MR) is 95.4 cm³/mol. The van der Waals surface area contributed by atoms with Gasteiger partial charge in [0.1, 0.15) is 11.5 Å². The molecule has 9 nitrogen and oxygen atoms in total. The molecule has 0 atom stereocenters. The topological polar surface area (TPSA) is 113 Å². The number of esters is 1. The van der Waals surface area contributed by atoms with Gasteiger partial charge in [-0.2, -0.15) is 0 Å². The summed E-state index contributed by atoms with van der Waals surface area (Å²) in [7, 11) is 2.45. The lowest BCUT2D eigenvalue weighted by Crippen LogP contribution is -2.38. The van der Waals surface area contributed by atoms with Crippen LogP contribution in [0.25, 0.3) is 0 Å². The van der Waals surface area contributed by atoms with E-state index in [2.05, 4.69) is 5.32 Å². The second-order valence-corrected chi connectivity index (χ2v) is 7.45. The van der Waals surface area contributed by atoms with Crippen molar-refractivity contribution in [3.8, 4) is 0 Å². The van der Waals surface area contributed by atoms with Gasteiger partial charge in [-0.15, -0.1) is 11.3 Å². The maximum atomic E-state index is 12.4. The molecule has 0 radical (unpaired) electrons. The summed E-state index contributed by atoms with van der Waals surface area (Å²) in [6.45, 7) is -0.600. The number of hydrogen-bond acceptors (Lipinski definition) is 7. The van der Waals surface area contributed by atoms with Crippen LogP contribution in [0.1, 0.15) is 40.1 Å². The average molecular weight is 393 g/mol. The van der Waals surface area contributed by atoms with Crippen molar-refractivity contribution in [1.29, 1.82) is 0 Å². The van der Waals surface area contributed by atoms with E-state index in [1.807, 2.05) is 0 Å². The Morgan fingerprint density at radius 1 is 1.11 bits per heavy atom. The molecule has 1 aliphatic heterocycles. The molecule has 1 fully saturated rings. The van der Waals surface area contributed by atoms with Gasteiger partial charge in [-0.25, -0.2) is 14.5 Å². The first kappa shape index (κ1) is 19.0. The van der Waals surface area contributed by atoms with Gasteiger partial charge >= 0.3 is 23.8 Å². The van der Waals surface area contributed by atoms with Crippen LogP contribution in [0.3, 0.4) is 0 Å². The number of aryl methyl sites for hydroxylation is 1. The smallest absolute Gasteiger partial charge is 0.341 e. The number of carbonyl (C=O) groups excluding carboxylic acids is 5. The number of anilines is 1. The molecule has 10 heteroatoms. The molecule has 3 rings (SSSR count). The number of nitrogens with zero attached hydrogens (tertiary/aromatic N) is 2. The monoisotopic (exact) mass is 393 g/mol. The molecule has 1 aromatic rings. The van der Waals surface area contributed by atoms with Crippen molar-refractivity contribution in [2.45, 2.75) is 32.1 Å². The number of methoxy groups -OCH3 is 1. The molecule has 144 valence electrons. The van der Waals surface area contributed by atoms with Crippen LogP contribution in [0.4, 0.5) is 9.80 Å². The molecule has 1 saturated heterocycles. The average Bonchev–Trinajstić information content (AvgIpc) is 2.93. The fourth-order valence-electron chi connectivity index (χ4n) is 3.21. The molecule has 1 N–H and O–H groups in total. The minimum Gasteiger partial charge on any atom is -0.465 e. The van der Waals surface area contributed by atoms with Gasteiger partial charge in [-0.1, -0.05) is 6.42 Å². The van der Waals surface area contributed by atoms with Crippen LogP contribution in [-0.4, -0.2) is 60.2 Å². The number of hydrogen-bond donors (Lipinski definition) is 1. The molecule has 0 saturated carbocycles. The standard InChI is InChI=1S/C17H19N3O6S/c1-19-14(22)15(23)20(17(19)25)8-11(21)18-13-12(16(24)26-2)9-6-4-3-5-7-10(9)27-13/h3-8H2,1-2H3,(H,18,21). The Hall–Kier alpha value is -2.75. The first-order valence-corrected chi connectivity index (χ1v) is 9.33. The SMILES string of the molecule is COC(=O)c1c(NC(=O)CN2C(=O)C(=O)N(C)C2=O)sc2c1CCCCC2. The Balaban J connectivity index is 1.82. The van der Waals surface area contributed by atoms with E-state index in [9.17, 15) is 24.0 Å². The minimum atomic E-state index is -1.05. The highest BCUT2D eigenvalue weighted by atomic mass is 32.1. The summed E-state index contributed by atoms with van der Waals surface area (Å²) in [6, 6.07) is -0.852. The Kier molecular flexibility index (Phi) is 5.26. The third kappa shape index (κ3) is 3.44. The van der Waals surface area contributed by atoms with Gasteiger partial charge in [-0.05, 0) is 31.2 Å². The van der Waals surface area contributed by atoms with Crippen molar-refractivity contribution in [2.24, 2.45) is 0 Å². The number of fused-ring (bicyclic) bond motifs is 1. The van der Waals surface area contributed by atoms with E-state index in [4.69, 9.17) is 4.74 Å². The molecule has 0 spiro atoms. The van der Waals surface area contributed by atoms with E-state index in [0.29, 0.717) is 20.4 Å². The van der Waals surface area contributed by atoms with Crippen molar-refractivity contribution >= 4 is 46.1 Å². The number of likely N-dealkylation sites (N-methyl/N-ethyl adjacent to an activating group) is 1. The maximum absolute atomic E-state index is 12.4. The summed E-state index contributed by atoms with van der Waals surface area (Å²) in [5.41, 5.74) is 1.22. The summed E-state index contributed by atoms with van der Waals surface area (Å²) in [5, 5.41) is 2.95. The van der Waals surface area contributed by atoms with E-state index < -0.39 is 36.3 Å². The molecule has 0 bridgehead atoms. The van der Waals surface area contributed by atoms with Crippen LogP contribution in [0.15, 0.2) is 0 Å². The second-order valence-electron chi connectivity index (χ2n) is 6.35. The molecule has 5 amide bonds.